The lowest BCUT2D eigenvalue weighted by molar-refractivity contribution is -0.137. The molecule has 2 N–H and O–H groups in total. The van der Waals surface area contributed by atoms with E-state index >= 15 is 0 Å². The Morgan fingerprint density at radius 1 is 1.11 bits per heavy atom. The van der Waals surface area contributed by atoms with Crippen molar-refractivity contribution < 1.29 is 23.1 Å². The van der Waals surface area contributed by atoms with Crippen molar-refractivity contribution in [1.82, 2.24) is 4.72 Å². The number of benzene rings is 2. The first-order valence-corrected chi connectivity index (χ1v) is 10.5. The van der Waals surface area contributed by atoms with Crippen LogP contribution in [0.3, 0.4) is 0 Å². The average Bonchev–Trinajstić information content (AvgIpc) is 2.56. The molecule has 6 nitrogen and oxygen atoms in total. The van der Waals surface area contributed by atoms with Crippen molar-refractivity contribution in [2.24, 2.45) is 0 Å². The Hall–Kier alpha value is -2.38. The Labute approximate surface area is 166 Å². The van der Waals surface area contributed by atoms with Gasteiger partial charge in [-0.3, -0.25) is 4.79 Å². The highest BCUT2D eigenvalue weighted by atomic mass is 32.2. The second-order valence-corrected chi connectivity index (χ2v) is 10.2. The molecule has 2 aromatic carbocycles. The standard InChI is InChI=1S/C21H27NO5S/c1-14-8-6-9-15(2)20(14)27-17-11-7-10-16(12-17)18(13-19(23)24)22-28(25,26)21(3,4)5/h6-12,18,22H,13H2,1-5H3,(H,23,24)/t18-/m0/s1. The van der Waals surface area contributed by atoms with Crippen LogP contribution in [0.2, 0.25) is 0 Å². The molecule has 0 aromatic heterocycles. The van der Waals surface area contributed by atoms with Gasteiger partial charge in [0, 0.05) is 0 Å². The first-order valence-electron chi connectivity index (χ1n) is 8.98. The minimum absolute atomic E-state index is 0.373. The quantitative estimate of drug-likeness (QED) is 0.715. The summed E-state index contributed by atoms with van der Waals surface area (Å²) in [5.41, 5.74) is 2.47. The van der Waals surface area contributed by atoms with Crippen molar-refractivity contribution in [2.45, 2.75) is 51.8 Å². The van der Waals surface area contributed by atoms with Crippen molar-refractivity contribution in [1.29, 1.82) is 0 Å². The van der Waals surface area contributed by atoms with E-state index in [1.807, 2.05) is 32.0 Å². The number of hydrogen-bond donors (Lipinski definition) is 2. The van der Waals surface area contributed by atoms with Crippen LogP contribution in [0.15, 0.2) is 42.5 Å². The Bertz CT molecular complexity index is 941. The Balaban J connectivity index is 2.37. The number of ether oxygens (including phenoxy) is 1. The van der Waals surface area contributed by atoms with E-state index in [0.29, 0.717) is 11.3 Å². The van der Waals surface area contributed by atoms with Crippen LogP contribution in [0, 0.1) is 13.8 Å². The SMILES string of the molecule is Cc1cccc(C)c1Oc1cccc([C@H](CC(=O)O)NS(=O)(=O)C(C)(C)C)c1. The van der Waals surface area contributed by atoms with Gasteiger partial charge in [-0.1, -0.05) is 30.3 Å². The van der Waals surface area contributed by atoms with Crippen molar-refractivity contribution in [3.05, 3.63) is 59.2 Å². The van der Waals surface area contributed by atoms with Crippen LogP contribution < -0.4 is 9.46 Å². The second-order valence-electron chi connectivity index (χ2n) is 7.78. The second kappa shape index (κ2) is 8.32. The summed E-state index contributed by atoms with van der Waals surface area (Å²) in [7, 11) is -3.73. The minimum atomic E-state index is -3.73. The van der Waals surface area contributed by atoms with E-state index < -0.39 is 26.8 Å². The van der Waals surface area contributed by atoms with Crippen molar-refractivity contribution in [3.8, 4) is 11.5 Å². The van der Waals surface area contributed by atoms with E-state index in [2.05, 4.69) is 4.72 Å². The smallest absolute Gasteiger partial charge is 0.305 e. The minimum Gasteiger partial charge on any atom is -0.481 e. The van der Waals surface area contributed by atoms with E-state index in [0.717, 1.165) is 16.9 Å². The number of carbonyl (C=O) groups is 1. The fourth-order valence-corrected chi connectivity index (χ4v) is 3.59. The van der Waals surface area contributed by atoms with Gasteiger partial charge in [-0.05, 0) is 63.4 Å². The van der Waals surface area contributed by atoms with Crippen molar-refractivity contribution >= 4 is 16.0 Å². The van der Waals surface area contributed by atoms with Crippen LogP contribution in [-0.2, 0) is 14.8 Å². The molecule has 0 aliphatic rings. The van der Waals surface area contributed by atoms with Crippen LogP contribution in [0.4, 0.5) is 0 Å². The van der Waals surface area contributed by atoms with Crippen LogP contribution in [-0.4, -0.2) is 24.2 Å². The van der Waals surface area contributed by atoms with E-state index in [1.165, 1.54) is 0 Å². The first kappa shape index (κ1) is 21.9. The molecular formula is C21H27NO5S. The molecule has 152 valence electrons. The number of rotatable bonds is 7. The number of sulfonamides is 1. The monoisotopic (exact) mass is 405 g/mol. The van der Waals surface area contributed by atoms with Crippen LogP contribution >= 0.6 is 0 Å². The van der Waals surface area contributed by atoms with Gasteiger partial charge < -0.3 is 9.84 Å². The normalized spacial score (nSPS) is 13.2. The summed E-state index contributed by atoms with van der Waals surface area (Å²) in [6.07, 6.45) is -0.373. The highest BCUT2D eigenvalue weighted by Crippen LogP contribution is 2.31. The third kappa shape index (κ3) is 5.33. The zero-order valence-corrected chi connectivity index (χ0v) is 17.6. The van der Waals surface area contributed by atoms with Gasteiger partial charge in [-0.25, -0.2) is 13.1 Å². The van der Waals surface area contributed by atoms with Crippen molar-refractivity contribution in [2.75, 3.05) is 0 Å². The topological polar surface area (TPSA) is 92.7 Å². The molecular weight excluding hydrogens is 378 g/mol. The number of nitrogens with one attached hydrogen (secondary N) is 1. The van der Waals surface area contributed by atoms with Crippen LogP contribution in [0.5, 0.6) is 11.5 Å². The summed E-state index contributed by atoms with van der Waals surface area (Å²) in [5.74, 6) is 0.146. The molecule has 0 saturated carbocycles. The molecule has 0 amide bonds. The number of carboxylic acids is 1. The molecule has 0 bridgehead atoms. The molecule has 2 aromatic rings. The van der Waals surface area contributed by atoms with Gasteiger partial charge in [0.05, 0.1) is 17.2 Å². The number of aliphatic carboxylic acids is 1. The van der Waals surface area contributed by atoms with E-state index in [4.69, 9.17) is 4.74 Å². The molecule has 0 heterocycles. The molecule has 0 saturated heterocycles. The van der Waals surface area contributed by atoms with E-state index in [-0.39, 0.29) is 6.42 Å². The van der Waals surface area contributed by atoms with E-state index in [9.17, 15) is 18.3 Å². The Kier molecular flexibility index (Phi) is 6.52. The third-order valence-corrected chi connectivity index (χ3v) is 6.58. The maximum absolute atomic E-state index is 12.5. The molecule has 0 radical (unpaired) electrons. The zero-order valence-electron chi connectivity index (χ0n) is 16.8. The molecule has 0 aliphatic heterocycles. The predicted molar refractivity (Wildman–Crippen MR) is 109 cm³/mol. The Morgan fingerprint density at radius 2 is 1.68 bits per heavy atom. The molecule has 1 atom stereocenters. The average molecular weight is 406 g/mol. The lowest BCUT2D eigenvalue weighted by Crippen LogP contribution is -2.41. The summed E-state index contributed by atoms with van der Waals surface area (Å²) in [6, 6.07) is 11.8. The number of hydrogen-bond acceptors (Lipinski definition) is 4. The van der Waals surface area contributed by atoms with Crippen molar-refractivity contribution in [3.63, 3.8) is 0 Å². The Morgan fingerprint density at radius 3 is 2.21 bits per heavy atom. The van der Waals surface area contributed by atoms with Crippen LogP contribution in [0.25, 0.3) is 0 Å². The summed E-state index contributed by atoms with van der Waals surface area (Å²) in [5, 5.41) is 9.26. The predicted octanol–water partition coefficient (Wildman–Crippen LogP) is 4.33. The third-order valence-electron chi connectivity index (χ3n) is 4.37. The fourth-order valence-electron chi connectivity index (χ4n) is 2.64. The molecule has 2 rings (SSSR count). The highest BCUT2D eigenvalue weighted by molar-refractivity contribution is 7.90. The van der Waals surface area contributed by atoms with Gasteiger partial charge in [0.2, 0.25) is 10.0 Å². The lowest BCUT2D eigenvalue weighted by Gasteiger charge is -2.25. The summed E-state index contributed by atoms with van der Waals surface area (Å²) >= 11 is 0. The maximum Gasteiger partial charge on any atom is 0.305 e. The lowest BCUT2D eigenvalue weighted by atomic mass is 10.0. The molecule has 0 fully saturated rings. The van der Waals surface area contributed by atoms with Gasteiger partial charge in [0.1, 0.15) is 11.5 Å². The van der Waals surface area contributed by atoms with Gasteiger partial charge in [0.25, 0.3) is 0 Å². The number of para-hydroxylation sites is 1. The zero-order chi connectivity index (χ0) is 21.1. The number of aryl methyl sites for hydroxylation is 2. The van der Waals surface area contributed by atoms with Gasteiger partial charge >= 0.3 is 5.97 Å². The van der Waals surface area contributed by atoms with Gasteiger partial charge in [0.15, 0.2) is 0 Å². The molecule has 0 unspecified atom stereocenters. The molecule has 0 spiro atoms. The summed E-state index contributed by atoms with van der Waals surface area (Å²) < 4.78 is 32.6. The maximum atomic E-state index is 12.5. The molecule has 28 heavy (non-hydrogen) atoms. The fraction of sp³-hybridized carbons (Fsp3) is 0.381. The summed E-state index contributed by atoms with van der Waals surface area (Å²) in [4.78, 5) is 11.3. The molecule has 0 aliphatic carbocycles. The van der Waals surface area contributed by atoms with Crippen LogP contribution in [0.1, 0.15) is 49.9 Å². The largest absolute Gasteiger partial charge is 0.481 e. The highest BCUT2D eigenvalue weighted by Gasteiger charge is 2.32. The van der Waals surface area contributed by atoms with E-state index in [1.54, 1.807) is 45.0 Å². The number of carboxylic acid groups (broad SMARTS) is 1. The molecule has 7 heteroatoms. The van der Waals surface area contributed by atoms with Gasteiger partial charge in [-0.15, -0.1) is 0 Å². The van der Waals surface area contributed by atoms with Gasteiger partial charge in [-0.2, -0.15) is 0 Å². The summed E-state index contributed by atoms with van der Waals surface area (Å²) in [6.45, 7) is 8.57. The first-order chi connectivity index (χ1) is 12.9.